The minimum atomic E-state index is -3.34. The lowest BCUT2D eigenvalue weighted by Crippen LogP contribution is -2.12. The fourth-order valence-electron chi connectivity index (χ4n) is 1.41. The molecule has 0 unspecified atom stereocenters. The molecule has 2 aromatic rings. The van der Waals surface area contributed by atoms with Gasteiger partial charge in [0.1, 0.15) is 4.66 Å². The summed E-state index contributed by atoms with van der Waals surface area (Å²) in [5.41, 5.74) is 1.69. The number of alkyl halides is 1. The Morgan fingerprint density at radius 2 is 1.83 bits per heavy atom. The first-order chi connectivity index (χ1) is 8.50. The molecule has 0 aliphatic heterocycles. The Hall–Kier alpha value is -1.54. The number of hydrogen-bond acceptors (Lipinski definition) is 3. The molecule has 1 aromatic carbocycles. The van der Waals surface area contributed by atoms with E-state index in [0.717, 1.165) is 5.56 Å². The van der Waals surface area contributed by atoms with Crippen molar-refractivity contribution in [3.8, 4) is 11.3 Å². The molecule has 18 heavy (non-hydrogen) atoms. The van der Waals surface area contributed by atoms with E-state index in [4.69, 9.17) is 0 Å². The van der Waals surface area contributed by atoms with Crippen molar-refractivity contribution in [3.63, 3.8) is 0 Å². The average molecular weight is 332 g/mol. The van der Waals surface area contributed by atoms with E-state index in [2.05, 4.69) is 30.8 Å². The van der Waals surface area contributed by atoms with Gasteiger partial charge in [0.2, 0.25) is 10.0 Å². The third-order valence-corrected chi connectivity index (χ3v) is 4.85. The topological polar surface area (TPSA) is 94.8 Å². The molecule has 2 rings (SSSR count). The Bertz CT molecular complexity index is 688. The Morgan fingerprint density at radius 3 is 2.33 bits per heavy atom. The molecule has 0 fully saturated rings. The Morgan fingerprint density at radius 1 is 1.17 bits per heavy atom. The Labute approximate surface area is 112 Å². The Kier molecular flexibility index (Phi) is 3.58. The van der Waals surface area contributed by atoms with Gasteiger partial charge in [0.15, 0.2) is 0 Å². The fraction of sp³-hybridized carbons (Fsp3) is 0.100. The van der Waals surface area contributed by atoms with Gasteiger partial charge < -0.3 is 0 Å². The van der Waals surface area contributed by atoms with Gasteiger partial charge in [-0.05, 0) is 17.7 Å². The lowest BCUT2D eigenvalue weighted by molar-refractivity contribution is 0.606. The standard InChI is InChI=1S/C10H10BrN3O3S/c11-6-18(16,17)14-8-3-1-7(2-4-8)9-5-10(15)13-12-9/h1-5,14H,6H2,(H2,12,13,15). The van der Waals surface area contributed by atoms with Crippen LogP contribution in [0.3, 0.4) is 0 Å². The van der Waals surface area contributed by atoms with Crippen LogP contribution in [0.4, 0.5) is 5.69 Å². The van der Waals surface area contributed by atoms with Crippen LogP contribution in [0.15, 0.2) is 35.1 Å². The highest BCUT2D eigenvalue weighted by atomic mass is 79.9. The van der Waals surface area contributed by atoms with Gasteiger partial charge in [0.25, 0.3) is 5.56 Å². The van der Waals surface area contributed by atoms with Crippen LogP contribution in [0, 0.1) is 0 Å². The zero-order valence-electron chi connectivity index (χ0n) is 9.10. The number of hydrogen-bond donors (Lipinski definition) is 3. The van der Waals surface area contributed by atoms with Crippen molar-refractivity contribution < 1.29 is 8.42 Å². The van der Waals surface area contributed by atoms with E-state index in [9.17, 15) is 13.2 Å². The molecule has 6 nitrogen and oxygen atoms in total. The van der Waals surface area contributed by atoms with Crippen LogP contribution in [0.5, 0.6) is 0 Å². The zero-order valence-corrected chi connectivity index (χ0v) is 11.5. The number of H-pyrrole nitrogens is 2. The lowest BCUT2D eigenvalue weighted by Gasteiger charge is -2.05. The maximum atomic E-state index is 11.3. The second kappa shape index (κ2) is 4.99. The first-order valence-corrected chi connectivity index (χ1v) is 7.72. The first-order valence-electron chi connectivity index (χ1n) is 4.95. The first kappa shape index (κ1) is 12.9. The normalized spacial score (nSPS) is 11.4. The summed E-state index contributed by atoms with van der Waals surface area (Å²) >= 11 is 2.89. The van der Waals surface area contributed by atoms with Gasteiger partial charge >= 0.3 is 0 Å². The minimum Gasteiger partial charge on any atom is -0.298 e. The highest BCUT2D eigenvalue weighted by Gasteiger charge is 2.07. The van der Waals surface area contributed by atoms with Gasteiger partial charge in [-0.15, -0.1) is 0 Å². The van der Waals surface area contributed by atoms with Crippen molar-refractivity contribution in [1.29, 1.82) is 0 Å². The maximum Gasteiger partial charge on any atom is 0.264 e. The molecular formula is C10H10BrN3O3S. The van der Waals surface area contributed by atoms with E-state index in [0.29, 0.717) is 11.4 Å². The van der Waals surface area contributed by atoms with E-state index in [-0.39, 0.29) is 10.2 Å². The number of sulfonamides is 1. The van der Waals surface area contributed by atoms with Gasteiger partial charge in [0.05, 0.1) is 5.69 Å². The molecule has 8 heteroatoms. The summed E-state index contributed by atoms with van der Waals surface area (Å²) in [5, 5.41) is 5.15. The van der Waals surface area contributed by atoms with Crippen molar-refractivity contribution in [2.24, 2.45) is 0 Å². The molecular weight excluding hydrogens is 322 g/mol. The number of aromatic amines is 2. The van der Waals surface area contributed by atoms with Crippen molar-refractivity contribution in [1.82, 2.24) is 10.2 Å². The number of halogens is 1. The van der Waals surface area contributed by atoms with Crippen molar-refractivity contribution >= 4 is 31.6 Å². The van der Waals surface area contributed by atoms with E-state index < -0.39 is 10.0 Å². The summed E-state index contributed by atoms with van der Waals surface area (Å²) in [5.74, 6) is 0. The molecule has 0 radical (unpaired) electrons. The third kappa shape index (κ3) is 3.02. The molecule has 0 spiro atoms. The van der Waals surface area contributed by atoms with Crippen LogP contribution in [0.2, 0.25) is 0 Å². The van der Waals surface area contributed by atoms with Crippen molar-refractivity contribution in [2.75, 3.05) is 9.38 Å². The number of anilines is 1. The molecule has 1 heterocycles. The quantitative estimate of drug-likeness (QED) is 0.740. The van der Waals surface area contributed by atoms with Gasteiger partial charge in [0, 0.05) is 11.8 Å². The van der Waals surface area contributed by atoms with Crippen LogP contribution in [-0.4, -0.2) is 23.3 Å². The zero-order chi connectivity index (χ0) is 13.2. The van der Waals surface area contributed by atoms with Crippen molar-refractivity contribution in [3.05, 3.63) is 40.7 Å². The molecule has 96 valence electrons. The van der Waals surface area contributed by atoms with E-state index in [1.54, 1.807) is 24.3 Å². The molecule has 0 bridgehead atoms. The number of benzene rings is 1. The highest BCUT2D eigenvalue weighted by Crippen LogP contribution is 2.18. The van der Waals surface area contributed by atoms with Crippen LogP contribution in [-0.2, 0) is 10.0 Å². The summed E-state index contributed by atoms with van der Waals surface area (Å²) in [6.07, 6.45) is 0. The summed E-state index contributed by atoms with van der Waals surface area (Å²) in [6.45, 7) is 0. The summed E-state index contributed by atoms with van der Waals surface area (Å²) in [7, 11) is -3.34. The molecule has 3 N–H and O–H groups in total. The predicted molar refractivity (Wildman–Crippen MR) is 73.2 cm³/mol. The molecule has 0 amide bonds. The molecule has 0 saturated heterocycles. The number of nitrogens with one attached hydrogen (secondary N) is 3. The Balaban J connectivity index is 2.23. The molecule has 0 atom stereocenters. The fourth-order valence-corrected chi connectivity index (χ4v) is 2.31. The highest BCUT2D eigenvalue weighted by molar-refractivity contribution is 9.10. The van der Waals surface area contributed by atoms with Gasteiger partial charge in [-0.1, -0.05) is 28.1 Å². The van der Waals surface area contributed by atoms with Crippen LogP contribution < -0.4 is 10.3 Å². The summed E-state index contributed by atoms with van der Waals surface area (Å²) in [4.78, 5) is 11.0. The third-order valence-electron chi connectivity index (χ3n) is 2.21. The van der Waals surface area contributed by atoms with Crippen molar-refractivity contribution in [2.45, 2.75) is 0 Å². The molecule has 0 aliphatic rings. The second-order valence-electron chi connectivity index (χ2n) is 3.58. The van der Waals surface area contributed by atoms with E-state index >= 15 is 0 Å². The van der Waals surface area contributed by atoms with Gasteiger partial charge in [-0.3, -0.25) is 19.7 Å². The minimum absolute atomic E-state index is 0.160. The average Bonchev–Trinajstić information content (AvgIpc) is 2.76. The lowest BCUT2D eigenvalue weighted by atomic mass is 10.1. The smallest absolute Gasteiger partial charge is 0.264 e. The van der Waals surface area contributed by atoms with Crippen LogP contribution in [0.25, 0.3) is 11.3 Å². The summed E-state index contributed by atoms with van der Waals surface area (Å²) in [6, 6.07) is 8.11. The van der Waals surface area contributed by atoms with Gasteiger partial charge in [-0.2, -0.15) is 0 Å². The molecule has 0 saturated carbocycles. The SMILES string of the molecule is O=c1cc(-c2ccc(NS(=O)(=O)CBr)cc2)[nH][nH]1. The molecule has 1 aromatic heterocycles. The second-order valence-corrected chi connectivity index (χ2v) is 6.60. The van der Waals surface area contributed by atoms with Crippen LogP contribution >= 0.6 is 15.9 Å². The number of rotatable bonds is 4. The van der Waals surface area contributed by atoms with E-state index in [1.807, 2.05) is 0 Å². The van der Waals surface area contributed by atoms with Crippen LogP contribution in [0.1, 0.15) is 0 Å². The summed E-state index contributed by atoms with van der Waals surface area (Å²) < 4.78 is 24.9. The predicted octanol–water partition coefficient (Wildman–Crippen LogP) is 1.46. The number of aromatic nitrogens is 2. The van der Waals surface area contributed by atoms with E-state index in [1.165, 1.54) is 6.07 Å². The molecule has 0 aliphatic carbocycles. The maximum absolute atomic E-state index is 11.3. The monoisotopic (exact) mass is 331 g/mol. The largest absolute Gasteiger partial charge is 0.298 e. The van der Waals surface area contributed by atoms with Gasteiger partial charge in [-0.25, -0.2) is 8.42 Å².